The highest BCUT2D eigenvalue weighted by atomic mass is 19.1. The summed E-state index contributed by atoms with van der Waals surface area (Å²) in [6.07, 6.45) is 2.25. The fraction of sp³-hybridized carbons (Fsp3) is 0.167. The van der Waals surface area contributed by atoms with Crippen LogP contribution in [0.2, 0.25) is 0 Å². The second kappa shape index (κ2) is 4.78. The summed E-state index contributed by atoms with van der Waals surface area (Å²) in [6.45, 7) is 2.51. The lowest BCUT2D eigenvalue weighted by Gasteiger charge is -2.09. The van der Waals surface area contributed by atoms with Gasteiger partial charge >= 0.3 is 0 Å². The quantitative estimate of drug-likeness (QED) is 0.795. The molecule has 0 aliphatic carbocycles. The summed E-state index contributed by atoms with van der Waals surface area (Å²) in [5.41, 5.74) is 8.65. The van der Waals surface area contributed by atoms with Crippen molar-refractivity contribution in [2.75, 3.05) is 11.1 Å². The molecule has 17 heavy (non-hydrogen) atoms. The molecule has 1 aromatic heterocycles. The minimum Gasteiger partial charge on any atom is -0.399 e. The molecule has 1 aromatic carbocycles. The average Bonchev–Trinajstić information content (AvgIpc) is 2.33. The van der Waals surface area contributed by atoms with Gasteiger partial charge in [-0.2, -0.15) is 0 Å². The molecule has 0 aliphatic heterocycles. The van der Waals surface area contributed by atoms with Gasteiger partial charge in [0.05, 0.1) is 12.4 Å². The minimum absolute atomic E-state index is 0.397. The third-order valence-electron chi connectivity index (χ3n) is 2.55. The first-order chi connectivity index (χ1) is 8.16. The Morgan fingerprint density at radius 1 is 1.29 bits per heavy atom. The highest BCUT2D eigenvalue weighted by molar-refractivity contribution is 5.50. The number of nitrogens with two attached hydrogens (primary N) is 1. The van der Waals surface area contributed by atoms with Crippen molar-refractivity contribution in [2.24, 2.45) is 0 Å². The Morgan fingerprint density at radius 2 is 2.00 bits per heavy atom. The zero-order chi connectivity index (χ0) is 12.3. The summed E-state index contributed by atoms with van der Waals surface area (Å²) in [5, 5.41) is 3.01. The van der Waals surface area contributed by atoms with E-state index in [9.17, 15) is 4.39 Å². The number of halogens is 1. The van der Waals surface area contributed by atoms with Gasteiger partial charge in [-0.05, 0) is 24.1 Å². The highest BCUT2D eigenvalue weighted by Gasteiger charge is 2.02. The van der Waals surface area contributed by atoms with Crippen LogP contribution in [0.25, 0.3) is 0 Å². The summed E-state index contributed by atoms with van der Waals surface area (Å²) >= 11 is 0. The van der Waals surface area contributed by atoms with E-state index in [-0.39, 0.29) is 0 Å². The van der Waals surface area contributed by atoms with E-state index in [1.54, 1.807) is 0 Å². The number of aromatic nitrogens is 2. The van der Waals surface area contributed by atoms with Gasteiger partial charge in [0.25, 0.3) is 0 Å². The molecule has 88 valence electrons. The van der Waals surface area contributed by atoms with Crippen molar-refractivity contribution in [2.45, 2.75) is 13.5 Å². The molecule has 5 heteroatoms. The van der Waals surface area contributed by atoms with Crippen molar-refractivity contribution >= 4 is 11.6 Å². The molecule has 0 fully saturated rings. The molecule has 0 radical (unpaired) electrons. The molecule has 0 atom stereocenters. The van der Waals surface area contributed by atoms with Crippen molar-refractivity contribution in [3.05, 3.63) is 47.5 Å². The monoisotopic (exact) mass is 232 g/mol. The zero-order valence-corrected chi connectivity index (χ0v) is 9.44. The number of nitrogens with zero attached hydrogens (tertiary/aromatic N) is 2. The fourth-order valence-corrected chi connectivity index (χ4v) is 1.47. The summed E-state index contributed by atoms with van der Waals surface area (Å²) in [6, 6.07) is 5.72. The number of anilines is 2. The molecule has 2 aromatic rings. The zero-order valence-electron chi connectivity index (χ0n) is 9.44. The smallest absolute Gasteiger partial charge is 0.223 e. The van der Waals surface area contributed by atoms with E-state index in [0.29, 0.717) is 12.5 Å². The van der Waals surface area contributed by atoms with Crippen LogP contribution in [-0.2, 0) is 6.54 Å². The SMILES string of the molecule is Cc1c(N)cccc1CNc1ncc(F)cn1. The van der Waals surface area contributed by atoms with Crippen molar-refractivity contribution in [3.8, 4) is 0 Å². The van der Waals surface area contributed by atoms with Crippen LogP contribution in [0.5, 0.6) is 0 Å². The van der Waals surface area contributed by atoms with Crippen LogP contribution in [0.4, 0.5) is 16.0 Å². The van der Waals surface area contributed by atoms with Gasteiger partial charge in [-0.3, -0.25) is 0 Å². The number of nitrogen functional groups attached to an aromatic ring is 1. The van der Waals surface area contributed by atoms with Crippen LogP contribution in [-0.4, -0.2) is 9.97 Å². The van der Waals surface area contributed by atoms with Gasteiger partial charge in [-0.15, -0.1) is 0 Å². The number of hydrogen-bond donors (Lipinski definition) is 2. The predicted molar refractivity (Wildman–Crippen MR) is 64.9 cm³/mol. The molecular formula is C12H13FN4. The first kappa shape index (κ1) is 11.3. The topological polar surface area (TPSA) is 63.8 Å². The second-order valence-corrected chi connectivity index (χ2v) is 3.71. The van der Waals surface area contributed by atoms with Crippen molar-refractivity contribution in [1.82, 2.24) is 9.97 Å². The Hall–Kier alpha value is -2.17. The normalized spacial score (nSPS) is 10.2. The molecule has 4 nitrogen and oxygen atoms in total. The van der Waals surface area contributed by atoms with Crippen molar-refractivity contribution in [3.63, 3.8) is 0 Å². The molecule has 0 saturated carbocycles. The third-order valence-corrected chi connectivity index (χ3v) is 2.55. The van der Waals surface area contributed by atoms with Crippen LogP contribution >= 0.6 is 0 Å². The fourth-order valence-electron chi connectivity index (χ4n) is 1.47. The molecule has 1 heterocycles. The van der Waals surface area contributed by atoms with Crippen LogP contribution in [0.15, 0.2) is 30.6 Å². The number of nitrogens with one attached hydrogen (secondary N) is 1. The van der Waals surface area contributed by atoms with Gasteiger partial charge in [-0.25, -0.2) is 14.4 Å². The van der Waals surface area contributed by atoms with Crippen LogP contribution < -0.4 is 11.1 Å². The van der Waals surface area contributed by atoms with Crippen molar-refractivity contribution in [1.29, 1.82) is 0 Å². The molecule has 3 N–H and O–H groups in total. The Kier molecular flexibility index (Phi) is 3.18. The minimum atomic E-state index is -0.448. The van der Waals surface area contributed by atoms with Gasteiger partial charge in [0.15, 0.2) is 5.82 Å². The van der Waals surface area contributed by atoms with Gasteiger partial charge in [0.2, 0.25) is 5.95 Å². The molecule has 0 spiro atoms. The lowest BCUT2D eigenvalue weighted by molar-refractivity contribution is 0.614. The molecule has 2 rings (SSSR count). The number of rotatable bonds is 3. The number of hydrogen-bond acceptors (Lipinski definition) is 4. The van der Waals surface area contributed by atoms with Crippen LogP contribution in [0, 0.1) is 12.7 Å². The first-order valence-electron chi connectivity index (χ1n) is 5.22. The lowest BCUT2D eigenvalue weighted by Crippen LogP contribution is -2.05. The summed E-state index contributed by atoms with van der Waals surface area (Å²) < 4.78 is 12.6. The van der Waals surface area contributed by atoms with E-state index in [0.717, 1.165) is 29.2 Å². The van der Waals surface area contributed by atoms with Crippen molar-refractivity contribution < 1.29 is 4.39 Å². The Morgan fingerprint density at radius 3 is 2.71 bits per heavy atom. The molecule has 0 unspecified atom stereocenters. The maximum Gasteiger partial charge on any atom is 0.223 e. The molecular weight excluding hydrogens is 219 g/mol. The van der Waals surface area contributed by atoms with E-state index in [1.165, 1.54) is 0 Å². The van der Waals surface area contributed by atoms with E-state index in [4.69, 9.17) is 5.73 Å². The molecule has 0 amide bonds. The van der Waals surface area contributed by atoms with Crippen LogP contribution in [0.1, 0.15) is 11.1 Å². The molecule has 0 bridgehead atoms. The molecule has 0 aliphatic rings. The van der Waals surface area contributed by atoms with Gasteiger partial charge < -0.3 is 11.1 Å². The maximum absolute atomic E-state index is 12.6. The highest BCUT2D eigenvalue weighted by Crippen LogP contribution is 2.16. The Labute approximate surface area is 98.7 Å². The van der Waals surface area contributed by atoms with Crippen LogP contribution in [0.3, 0.4) is 0 Å². The van der Waals surface area contributed by atoms with E-state index < -0.39 is 5.82 Å². The summed E-state index contributed by atoms with van der Waals surface area (Å²) in [4.78, 5) is 7.63. The van der Waals surface area contributed by atoms with Gasteiger partial charge in [0, 0.05) is 12.2 Å². The predicted octanol–water partition coefficient (Wildman–Crippen LogP) is 2.12. The summed E-state index contributed by atoms with van der Waals surface area (Å²) in [5.74, 6) is -0.0519. The van der Waals surface area contributed by atoms with Gasteiger partial charge in [0.1, 0.15) is 0 Å². The average molecular weight is 232 g/mol. The largest absolute Gasteiger partial charge is 0.399 e. The number of benzene rings is 1. The van der Waals surface area contributed by atoms with Gasteiger partial charge in [-0.1, -0.05) is 12.1 Å². The Bertz CT molecular complexity index is 510. The summed E-state index contributed by atoms with van der Waals surface area (Å²) in [7, 11) is 0. The second-order valence-electron chi connectivity index (χ2n) is 3.71. The van der Waals surface area contributed by atoms with E-state index in [2.05, 4.69) is 15.3 Å². The Balaban J connectivity index is 2.07. The molecule has 0 saturated heterocycles. The third kappa shape index (κ3) is 2.69. The standard InChI is InChI=1S/C12H13FN4/c1-8-9(3-2-4-11(8)14)5-15-12-16-6-10(13)7-17-12/h2-4,6-7H,5,14H2,1H3,(H,15,16,17). The first-order valence-corrected chi connectivity index (χ1v) is 5.22. The maximum atomic E-state index is 12.6. The lowest BCUT2D eigenvalue weighted by atomic mass is 10.1. The van der Waals surface area contributed by atoms with E-state index >= 15 is 0 Å². The van der Waals surface area contributed by atoms with E-state index in [1.807, 2.05) is 25.1 Å².